The van der Waals surface area contributed by atoms with E-state index in [9.17, 15) is 14.9 Å². The number of non-ortho nitro benzene ring substituents is 1. The first kappa shape index (κ1) is 24.1. The number of nitrogens with zero attached hydrogens (tertiary/aromatic N) is 3. The number of methoxy groups -OCH3 is 1. The minimum absolute atomic E-state index is 0. The number of nitro benzene ring substituents is 1. The summed E-state index contributed by atoms with van der Waals surface area (Å²) in [4.78, 5) is 28.9. The molecule has 1 N–H and O–H groups in total. The van der Waals surface area contributed by atoms with Gasteiger partial charge in [0.05, 0.1) is 24.5 Å². The third-order valence-electron chi connectivity index (χ3n) is 4.70. The van der Waals surface area contributed by atoms with Crippen molar-refractivity contribution in [1.82, 2.24) is 10.2 Å². The standard InChI is InChI=1S/C19H28N4O4.HI/c1-3-4-11-20-19(22-12-9-16(10-13-22)18(24)27-2)21-14-15-5-7-17(8-6-15)23(25)26;/h5-8,16H,3-4,9-14H2,1-2H3,(H,20,21);1H. The van der Waals surface area contributed by atoms with Crippen LogP contribution >= 0.6 is 24.0 Å². The maximum atomic E-state index is 11.7. The van der Waals surface area contributed by atoms with Crippen LogP contribution in [0.5, 0.6) is 0 Å². The highest BCUT2D eigenvalue weighted by Gasteiger charge is 2.27. The first-order chi connectivity index (χ1) is 13.0. The number of carbonyl (C=O) groups excluding carboxylic acids is 1. The number of ether oxygens (including phenoxy) is 1. The topological polar surface area (TPSA) is 97.1 Å². The van der Waals surface area contributed by atoms with Gasteiger partial charge in [-0.3, -0.25) is 14.9 Å². The van der Waals surface area contributed by atoms with Crippen molar-refractivity contribution in [2.24, 2.45) is 10.9 Å². The molecule has 28 heavy (non-hydrogen) atoms. The van der Waals surface area contributed by atoms with Crippen molar-refractivity contribution >= 4 is 41.6 Å². The zero-order valence-electron chi connectivity index (χ0n) is 16.4. The van der Waals surface area contributed by atoms with Gasteiger partial charge in [-0.15, -0.1) is 24.0 Å². The highest BCUT2D eigenvalue weighted by Crippen LogP contribution is 2.19. The predicted octanol–water partition coefficient (Wildman–Crippen LogP) is 3.34. The monoisotopic (exact) mass is 504 g/mol. The lowest BCUT2D eigenvalue weighted by Gasteiger charge is -2.33. The maximum absolute atomic E-state index is 11.7. The third-order valence-corrected chi connectivity index (χ3v) is 4.70. The van der Waals surface area contributed by atoms with E-state index in [1.54, 1.807) is 12.1 Å². The second-order valence-corrected chi connectivity index (χ2v) is 6.63. The van der Waals surface area contributed by atoms with Gasteiger partial charge in [0, 0.05) is 31.8 Å². The fourth-order valence-electron chi connectivity index (χ4n) is 3.03. The number of benzene rings is 1. The number of esters is 1. The van der Waals surface area contributed by atoms with Crippen LogP contribution in [0, 0.1) is 16.0 Å². The molecule has 0 radical (unpaired) electrons. The molecule has 0 unspecified atom stereocenters. The largest absolute Gasteiger partial charge is 0.469 e. The molecule has 1 fully saturated rings. The summed E-state index contributed by atoms with van der Waals surface area (Å²) in [5, 5.41) is 14.2. The smallest absolute Gasteiger partial charge is 0.308 e. The molecule has 156 valence electrons. The number of halogens is 1. The number of rotatable bonds is 7. The molecule has 0 saturated carbocycles. The minimum atomic E-state index is -0.407. The molecule has 9 heteroatoms. The zero-order chi connectivity index (χ0) is 19.6. The number of piperidine rings is 1. The average molecular weight is 504 g/mol. The number of nitro groups is 1. The normalized spacial score (nSPS) is 14.9. The van der Waals surface area contributed by atoms with Gasteiger partial charge in [0.25, 0.3) is 5.69 Å². The van der Waals surface area contributed by atoms with Gasteiger partial charge in [0.1, 0.15) is 0 Å². The van der Waals surface area contributed by atoms with E-state index in [0.29, 0.717) is 6.54 Å². The summed E-state index contributed by atoms with van der Waals surface area (Å²) in [6, 6.07) is 6.46. The minimum Gasteiger partial charge on any atom is -0.469 e. The van der Waals surface area contributed by atoms with Gasteiger partial charge in [-0.1, -0.05) is 25.5 Å². The van der Waals surface area contributed by atoms with Gasteiger partial charge >= 0.3 is 5.97 Å². The summed E-state index contributed by atoms with van der Waals surface area (Å²) >= 11 is 0. The van der Waals surface area contributed by atoms with E-state index in [4.69, 9.17) is 9.73 Å². The summed E-state index contributed by atoms with van der Waals surface area (Å²) in [7, 11) is 1.43. The second kappa shape index (κ2) is 12.5. The van der Waals surface area contributed by atoms with Crippen LogP contribution in [0.4, 0.5) is 5.69 Å². The van der Waals surface area contributed by atoms with E-state index < -0.39 is 4.92 Å². The van der Waals surface area contributed by atoms with Gasteiger partial charge in [0.15, 0.2) is 5.96 Å². The summed E-state index contributed by atoms with van der Waals surface area (Å²) in [6.07, 6.45) is 3.64. The van der Waals surface area contributed by atoms with Crippen molar-refractivity contribution in [2.45, 2.75) is 39.2 Å². The molecule has 0 aromatic heterocycles. The molecule has 0 atom stereocenters. The molecule has 1 aromatic carbocycles. The number of nitrogens with one attached hydrogen (secondary N) is 1. The van der Waals surface area contributed by atoms with Gasteiger partial charge in [0.2, 0.25) is 0 Å². The lowest BCUT2D eigenvalue weighted by Crippen LogP contribution is -2.47. The van der Waals surface area contributed by atoms with Gasteiger partial charge in [-0.2, -0.15) is 0 Å². The average Bonchev–Trinajstić information content (AvgIpc) is 2.70. The lowest BCUT2D eigenvalue weighted by molar-refractivity contribution is -0.384. The Bertz CT molecular complexity index is 658. The Morgan fingerprint density at radius 2 is 1.96 bits per heavy atom. The van der Waals surface area contributed by atoms with Crippen LogP contribution in [-0.4, -0.2) is 48.5 Å². The molecule has 1 aromatic rings. The van der Waals surface area contributed by atoms with E-state index in [-0.39, 0.29) is 41.6 Å². The van der Waals surface area contributed by atoms with Crippen LogP contribution in [0.1, 0.15) is 38.2 Å². The number of unbranched alkanes of at least 4 members (excludes halogenated alkanes) is 1. The summed E-state index contributed by atoms with van der Waals surface area (Å²) in [6.45, 7) is 4.92. The predicted molar refractivity (Wildman–Crippen MR) is 119 cm³/mol. The molecule has 1 aliphatic rings. The Morgan fingerprint density at radius 1 is 1.32 bits per heavy atom. The van der Waals surface area contributed by atoms with Crippen LogP contribution in [0.15, 0.2) is 29.3 Å². The van der Waals surface area contributed by atoms with Crippen LogP contribution in [-0.2, 0) is 16.1 Å². The first-order valence-corrected chi connectivity index (χ1v) is 9.39. The molecular weight excluding hydrogens is 475 g/mol. The van der Waals surface area contributed by atoms with E-state index in [1.165, 1.54) is 19.2 Å². The first-order valence-electron chi connectivity index (χ1n) is 9.39. The zero-order valence-corrected chi connectivity index (χ0v) is 18.8. The number of carbonyl (C=O) groups is 1. The molecule has 1 aliphatic heterocycles. The number of hydrogen-bond donors (Lipinski definition) is 1. The fourth-order valence-corrected chi connectivity index (χ4v) is 3.03. The summed E-state index contributed by atoms with van der Waals surface area (Å²) in [5.74, 6) is 0.640. The van der Waals surface area contributed by atoms with E-state index in [0.717, 1.165) is 56.8 Å². The Labute approximate surface area is 182 Å². The fraction of sp³-hybridized carbons (Fsp3) is 0.579. The summed E-state index contributed by atoms with van der Waals surface area (Å²) in [5.41, 5.74) is 0.994. The van der Waals surface area contributed by atoms with Gasteiger partial charge < -0.3 is 15.0 Å². The third kappa shape index (κ3) is 7.25. The number of aliphatic imine (C=N–C) groups is 1. The molecule has 0 aliphatic carbocycles. The van der Waals surface area contributed by atoms with E-state index >= 15 is 0 Å². The summed E-state index contributed by atoms with van der Waals surface area (Å²) < 4.78 is 4.85. The van der Waals surface area contributed by atoms with Crippen LogP contribution in [0.25, 0.3) is 0 Å². The highest BCUT2D eigenvalue weighted by atomic mass is 127. The van der Waals surface area contributed by atoms with Gasteiger partial charge in [-0.25, -0.2) is 4.99 Å². The highest BCUT2D eigenvalue weighted by molar-refractivity contribution is 14.0. The van der Waals surface area contributed by atoms with Crippen LogP contribution < -0.4 is 5.32 Å². The number of hydrogen-bond acceptors (Lipinski definition) is 5. The van der Waals surface area contributed by atoms with Crippen molar-refractivity contribution in [2.75, 3.05) is 26.7 Å². The van der Waals surface area contributed by atoms with E-state index in [1.807, 2.05) is 0 Å². The Hall–Kier alpha value is -1.91. The van der Waals surface area contributed by atoms with Gasteiger partial charge in [-0.05, 0) is 24.8 Å². The molecule has 1 saturated heterocycles. The molecule has 8 nitrogen and oxygen atoms in total. The van der Waals surface area contributed by atoms with Crippen LogP contribution in [0.2, 0.25) is 0 Å². The van der Waals surface area contributed by atoms with Crippen LogP contribution in [0.3, 0.4) is 0 Å². The molecular formula is C19H29IN4O4. The SMILES string of the molecule is CCCCNC(=NCc1ccc([N+](=O)[O-])cc1)N1CCC(C(=O)OC)CC1.I. The Morgan fingerprint density at radius 3 is 2.50 bits per heavy atom. The Balaban J connectivity index is 0.00000392. The van der Waals surface area contributed by atoms with Crippen molar-refractivity contribution in [3.63, 3.8) is 0 Å². The lowest BCUT2D eigenvalue weighted by atomic mass is 9.97. The van der Waals surface area contributed by atoms with Crippen molar-refractivity contribution in [3.05, 3.63) is 39.9 Å². The number of guanidine groups is 1. The molecule has 1 heterocycles. The molecule has 0 amide bonds. The van der Waals surface area contributed by atoms with E-state index in [2.05, 4.69) is 17.1 Å². The second-order valence-electron chi connectivity index (χ2n) is 6.63. The molecule has 0 spiro atoms. The molecule has 2 rings (SSSR count). The quantitative estimate of drug-likeness (QED) is 0.116. The maximum Gasteiger partial charge on any atom is 0.308 e. The number of likely N-dealkylation sites (tertiary alicyclic amines) is 1. The van der Waals surface area contributed by atoms with Crippen molar-refractivity contribution < 1.29 is 14.5 Å². The van der Waals surface area contributed by atoms with Crippen molar-refractivity contribution in [1.29, 1.82) is 0 Å². The molecule has 0 bridgehead atoms. The van der Waals surface area contributed by atoms with Crippen molar-refractivity contribution in [3.8, 4) is 0 Å². The Kier molecular flexibility index (Phi) is 10.8.